The minimum absolute atomic E-state index is 0.367. The van der Waals surface area contributed by atoms with Gasteiger partial charge in [0.05, 0.1) is 4.90 Å². The molecule has 1 aromatic carbocycles. The zero-order chi connectivity index (χ0) is 15.3. The van der Waals surface area contributed by atoms with Crippen molar-refractivity contribution in [3.63, 3.8) is 0 Å². The van der Waals surface area contributed by atoms with Gasteiger partial charge in [-0.1, -0.05) is 26.0 Å². The fourth-order valence-electron chi connectivity index (χ4n) is 2.34. The Kier molecular flexibility index (Phi) is 6.10. The molecule has 1 N–H and O–H groups in total. The molecular formula is C15H24N2O2S2. The Bertz CT molecular complexity index is 543. The topological polar surface area (TPSA) is 49.4 Å². The van der Waals surface area contributed by atoms with Crippen molar-refractivity contribution in [1.82, 2.24) is 9.62 Å². The van der Waals surface area contributed by atoms with E-state index in [4.69, 9.17) is 0 Å². The first-order chi connectivity index (χ1) is 10.0. The van der Waals surface area contributed by atoms with Crippen LogP contribution < -0.4 is 5.32 Å². The Labute approximate surface area is 132 Å². The summed E-state index contributed by atoms with van der Waals surface area (Å²) in [7, 11) is -3.34. The van der Waals surface area contributed by atoms with Crippen LogP contribution >= 0.6 is 11.8 Å². The van der Waals surface area contributed by atoms with E-state index in [0.29, 0.717) is 23.2 Å². The van der Waals surface area contributed by atoms with Crippen LogP contribution in [0.5, 0.6) is 0 Å². The second-order valence-corrected chi connectivity index (χ2v) is 8.85. The summed E-state index contributed by atoms with van der Waals surface area (Å²) >= 11 is 1.83. The highest BCUT2D eigenvalue weighted by atomic mass is 32.2. The lowest BCUT2D eigenvalue weighted by atomic mass is 10.2. The molecule has 4 nitrogen and oxygen atoms in total. The molecule has 0 amide bonds. The molecule has 0 bridgehead atoms. The summed E-state index contributed by atoms with van der Waals surface area (Å²) in [5.41, 5.74) is 1.12. The molecule has 0 aliphatic carbocycles. The quantitative estimate of drug-likeness (QED) is 0.814. The van der Waals surface area contributed by atoms with Gasteiger partial charge in [0.15, 0.2) is 0 Å². The number of sulfonamides is 1. The predicted molar refractivity (Wildman–Crippen MR) is 89.1 cm³/mol. The summed E-state index contributed by atoms with van der Waals surface area (Å²) in [4.78, 5) is 0.404. The molecule has 1 saturated heterocycles. The van der Waals surface area contributed by atoms with Gasteiger partial charge in [-0.25, -0.2) is 8.42 Å². The van der Waals surface area contributed by atoms with E-state index >= 15 is 0 Å². The highest BCUT2D eigenvalue weighted by Gasteiger charge is 2.28. The van der Waals surface area contributed by atoms with E-state index in [1.54, 1.807) is 16.4 Å². The Morgan fingerprint density at radius 2 is 2.05 bits per heavy atom. The van der Waals surface area contributed by atoms with Crippen LogP contribution in [0.25, 0.3) is 0 Å². The molecule has 1 atom stereocenters. The van der Waals surface area contributed by atoms with Gasteiger partial charge >= 0.3 is 0 Å². The molecule has 2 rings (SSSR count). The first-order valence-corrected chi connectivity index (χ1v) is 9.94. The standard InChI is InChI=1S/C15H24N2O2S2/c1-3-8-16-11-14-4-6-15(7-5-14)21(18,19)17-9-10-20-13(2)12-17/h4-7,13,16H,3,8-12H2,1-2H3. The van der Waals surface area contributed by atoms with Crippen LogP contribution in [-0.2, 0) is 16.6 Å². The Morgan fingerprint density at radius 1 is 1.33 bits per heavy atom. The highest BCUT2D eigenvalue weighted by molar-refractivity contribution is 8.00. The number of nitrogens with one attached hydrogen (secondary N) is 1. The van der Waals surface area contributed by atoms with E-state index in [2.05, 4.69) is 19.2 Å². The summed E-state index contributed by atoms with van der Waals surface area (Å²) < 4.78 is 26.8. The number of benzene rings is 1. The fourth-order valence-corrected chi connectivity index (χ4v) is 5.10. The summed E-state index contributed by atoms with van der Waals surface area (Å²) in [6, 6.07) is 7.25. The SMILES string of the molecule is CCCNCc1ccc(S(=O)(=O)N2CCSC(C)C2)cc1. The van der Waals surface area contributed by atoms with E-state index < -0.39 is 10.0 Å². The summed E-state index contributed by atoms with van der Waals surface area (Å²) in [5, 5.41) is 3.68. The molecule has 118 valence electrons. The van der Waals surface area contributed by atoms with Crippen molar-refractivity contribution < 1.29 is 8.42 Å². The van der Waals surface area contributed by atoms with Crippen molar-refractivity contribution in [3.8, 4) is 0 Å². The summed E-state index contributed by atoms with van der Waals surface area (Å²) in [6.45, 7) is 7.17. The van der Waals surface area contributed by atoms with E-state index in [9.17, 15) is 8.42 Å². The van der Waals surface area contributed by atoms with Gasteiger partial charge in [0.1, 0.15) is 0 Å². The smallest absolute Gasteiger partial charge is 0.243 e. The lowest BCUT2D eigenvalue weighted by molar-refractivity contribution is 0.424. The first-order valence-electron chi connectivity index (χ1n) is 7.45. The molecule has 0 spiro atoms. The van der Waals surface area contributed by atoms with Crippen molar-refractivity contribution in [2.75, 3.05) is 25.4 Å². The Hall–Kier alpha value is -0.560. The molecule has 1 aromatic rings. The molecule has 1 aliphatic heterocycles. The van der Waals surface area contributed by atoms with E-state index in [0.717, 1.165) is 30.8 Å². The van der Waals surface area contributed by atoms with Crippen LogP contribution in [0, 0.1) is 0 Å². The third-order valence-corrected chi connectivity index (χ3v) is 6.54. The van der Waals surface area contributed by atoms with Gasteiger partial charge in [-0.05, 0) is 30.7 Å². The molecule has 0 aromatic heterocycles. The maximum Gasteiger partial charge on any atom is 0.243 e. The Balaban J connectivity index is 2.06. The van der Waals surface area contributed by atoms with Crippen LogP contribution in [0.2, 0.25) is 0 Å². The lowest BCUT2D eigenvalue weighted by Gasteiger charge is -2.29. The molecule has 0 saturated carbocycles. The molecule has 1 unspecified atom stereocenters. The molecular weight excluding hydrogens is 304 g/mol. The fraction of sp³-hybridized carbons (Fsp3) is 0.600. The predicted octanol–water partition coefficient (Wildman–Crippen LogP) is 2.31. The average molecular weight is 329 g/mol. The third-order valence-electron chi connectivity index (χ3n) is 3.52. The van der Waals surface area contributed by atoms with Gasteiger partial charge in [0.2, 0.25) is 10.0 Å². The molecule has 1 heterocycles. The van der Waals surface area contributed by atoms with Gasteiger partial charge in [0.25, 0.3) is 0 Å². The van der Waals surface area contributed by atoms with E-state index in [-0.39, 0.29) is 0 Å². The maximum atomic E-state index is 12.6. The van der Waals surface area contributed by atoms with Gasteiger partial charge in [-0.3, -0.25) is 0 Å². The van der Waals surface area contributed by atoms with Gasteiger partial charge in [-0.15, -0.1) is 0 Å². The van der Waals surface area contributed by atoms with Crippen LogP contribution in [0.15, 0.2) is 29.2 Å². The third kappa shape index (κ3) is 4.45. The van der Waals surface area contributed by atoms with Crippen LogP contribution in [0.4, 0.5) is 0 Å². The number of thioether (sulfide) groups is 1. The second kappa shape index (κ2) is 7.63. The van der Waals surface area contributed by atoms with Crippen molar-refractivity contribution >= 4 is 21.8 Å². The monoisotopic (exact) mass is 328 g/mol. The first kappa shape index (κ1) is 16.8. The van der Waals surface area contributed by atoms with Crippen LogP contribution in [-0.4, -0.2) is 43.4 Å². The van der Waals surface area contributed by atoms with Crippen molar-refractivity contribution in [1.29, 1.82) is 0 Å². The number of rotatable bonds is 6. The summed E-state index contributed by atoms with van der Waals surface area (Å²) in [6.07, 6.45) is 1.09. The molecule has 1 fully saturated rings. The molecule has 21 heavy (non-hydrogen) atoms. The minimum Gasteiger partial charge on any atom is -0.313 e. The largest absolute Gasteiger partial charge is 0.313 e. The van der Waals surface area contributed by atoms with Crippen molar-refractivity contribution in [2.24, 2.45) is 0 Å². The molecule has 0 radical (unpaired) electrons. The lowest BCUT2D eigenvalue weighted by Crippen LogP contribution is -2.40. The normalized spacial score (nSPS) is 20.6. The second-order valence-electron chi connectivity index (χ2n) is 5.37. The van der Waals surface area contributed by atoms with E-state index in [1.165, 1.54) is 0 Å². The van der Waals surface area contributed by atoms with Crippen molar-refractivity contribution in [2.45, 2.75) is 37.0 Å². The van der Waals surface area contributed by atoms with Gasteiger partial charge in [-0.2, -0.15) is 16.1 Å². The molecule has 6 heteroatoms. The van der Waals surface area contributed by atoms with E-state index in [1.807, 2.05) is 23.9 Å². The maximum absolute atomic E-state index is 12.6. The summed E-state index contributed by atoms with van der Waals surface area (Å²) in [5.74, 6) is 0.874. The van der Waals surface area contributed by atoms with Crippen LogP contribution in [0.3, 0.4) is 0 Å². The Morgan fingerprint density at radius 3 is 2.67 bits per heavy atom. The average Bonchev–Trinajstić information content (AvgIpc) is 2.48. The highest BCUT2D eigenvalue weighted by Crippen LogP contribution is 2.24. The minimum atomic E-state index is -3.34. The zero-order valence-corrected chi connectivity index (χ0v) is 14.3. The van der Waals surface area contributed by atoms with Gasteiger partial charge in [0, 0.05) is 30.6 Å². The molecule has 1 aliphatic rings. The number of nitrogens with zero attached hydrogens (tertiary/aromatic N) is 1. The number of hydrogen-bond donors (Lipinski definition) is 1. The number of hydrogen-bond acceptors (Lipinski definition) is 4. The van der Waals surface area contributed by atoms with Gasteiger partial charge < -0.3 is 5.32 Å². The van der Waals surface area contributed by atoms with Crippen LogP contribution in [0.1, 0.15) is 25.8 Å². The zero-order valence-electron chi connectivity index (χ0n) is 12.7. The van der Waals surface area contributed by atoms with Crippen molar-refractivity contribution in [3.05, 3.63) is 29.8 Å².